The maximum absolute atomic E-state index is 9.56. The van der Waals surface area contributed by atoms with Crippen LogP contribution in [0.5, 0.6) is 11.5 Å². The highest BCUT2D eigenvalue weighted by atomic mass is 16.5. The summed E-state index contributed by atoms with van der Waals surface area (Å²) in [6.45, 7) is 12.6. The van der Waals surface area contributed by atoms with Gasteiger partial charge >= 0.3 is 0 Å². The maximum Gasteiger partial charge on any atom is 0.247 e. The molecule has 3 nitrogen and oxygen atoms in total. The molecule has 0 saturated heterocycles. The van der Waals surface area contributed by atoms with Crippen LogP contribution in [0.15, 0.2) is 224 Å². The molecule has 350 valence electrons. The van der Waals surface area contributed by atoms with Gasteiger partial charge in [-0.3, -0.25) is 0 Å². The maximum atomic E-state index is 9.56. The van der Waals surface area contributed by atoms with Crippen LogP contribution in [0.4, 0.5) is 17.1 Å². The first kappa shape index (κ1) is 31.9. The Bertz CT molecular complexity index is 4680. The van der Waals surface area contributed by atoms with Crippen molar-refractivity contribution < 1.29 is 22.6 Å². The summed E-state index contributed by atoms with van der Waals surface area (Å²) in [5.74, 6) is 1.22. The lowest BCUT2D eigenvalue weighted by Gasteiger charge is -2.51. The van der Waals surface area contributed by atoms with Crippen molar-refractivity contribution in [2.75, 3.05) is 4.90 Å². The predicted molar refractivity (Wildman–Crippen MR) is 307 cm³/mol. The van der Waals surface area contributed by atoms with Crippen molar-refractivity contribution in [1.82, 2.24) is 4.57 Å². The minimum atomic E-state index is -1.23. The second kappa shape index (κ2) is 15.8. The largest absolute Gasteiger partial charge is 0.457 e. The van der Waals surface area contributed by atoms with Crippen LogP contribution in [-0.2, 0) is 16.2 Å². The van der Waals surface area contributed by atoms with E-state index in [-0.39, 0.29) is 44.9 Å². The standard InChI is InChI=1S/C69H55BN2O/c1-67(2,3)47-34-38-61(52(40-47)45-23-11-8-12-24-45)72-62-39-46(44-21-9-7-10-22-44)33-36-58(62)70-57-37-35-49(71-59-29-17-13-25-50(59)51-26-14-18-30-60(51)71)43-55(57)69(56-41-48(68(4,5)6)42-63(72)66(56)70)53-27-15-19-31-64(53)73-65-32-20-16-28-54(65)69/h7-43H,1-6H3/i7D,9D,10D,13D,14D,17D,18D,21D,22D,25D,26D,29D,30D. The van der Waals surface area contributed by atoms with Crippen molar-refractivity contribution in [2.45, 2.75) is 57.8 Å². The highest BCUT2D eigenvalue weighted by molar-refractivity contribution is 6.99. The monoisotopic (exact) mass is 952 g/mol. The van der Waals surface area contributed by atoms with E-state index in [1.807, 2.05) is 91.0 Å². The van der Waals surface area contributed by atoms with Gasteiger partial charge in [-0.1, -0.05) is 211 Å². The molecule has 4 heteroatoms. The van der Waals surface area contributed by atoms with E-state index in [2.05, 4.69) is 101 Å². The lowest BCUT2D eigenvalue weighted by molar-refractivity contribution is 0.435. The van der Waals surface area contributed by atoms with E-state index in [4.69, 9.17) is 14.3 Å². The summed E-state index contributed by atoms with van der Waals surface area (Å²) < 4.78 is 127. The van der Waals surface area contributed by atoms with Gasteiger partial charge < -0.3 is 14.2 Å². The van der Waals surface area contributed by atoms with Crippen molar-refractivity contribution in [3.05, 3.63) is 258 Å². The van der Waals surface area contributed by atoms with Crippen LogP contribution in [-0.4, -0.2) is 11.3 Å². The number of anilines is 3. The second-order valence-corrected chi connectivity index (χ2v) is 21.5. The molecule has 4 heterocycles. The Morgan fingerprint density at radius 1 is 0.452 bits per heavy atom. The van der Waals surface area contributed by atoms with E-state index in [0.717, 1.165) is 72.3 Å². The quantitative estimate of drug-likeness (QED) is 0.164. The van der Waals surface area contributed by atoms with E-state index in [1.54, 1.807) is 4.57 Å². The first-order valence-electron chi connectivity index (χ1n) is 31.3. The molecular formula is C69H55BN2O. The molecule has 0 radical (unpaired) electrons. The van der Waals surface area contributed by atoms with Crippen molar-refractivity contribution in [3.63, 3.8) is 0 Å². The van der Waals surface area contributed by atoms with Crippen LogP contribution >= 0.6 is 0 Å². The van der Waals surface area contributed by atoms with Gasteiger partial charge in [-0.05, 0) is 121 Å². The van der Waals surface area contributed by atoms with Gasteiger partial charge in [0, 0.05) is 44.5 Å². The van der Waals surface area contributed by atoms with Crippen molar-refractivity contribution in [3.8, 4) is 39.4 Å². The smallest absolute Gasteiger partial charge is 0.247 e. The minimum absolute atomic E-state index is 0.00109. The van der Waals surface area contributed by atoms with E-state index in [9.17, 15) is 8.22 Å². The predicted octanol–water partition coefficient (Wildman–Crippen LogP) is 15.8. The number of nitrogens with zero attached hydrogens (tertiary/aromatic N) is 2. The van der Waals surface area contributed by atoms with Gasteiger partial charge in [0.1, 0.15) is 11.5 Å². The number of aromatic nitrogens is 1. The Kier molecular flexibility index (Phi) is 6.91. The molecule has 3 aliphatic rings. The van der Waals surface area contributed by atoms with Gasteiger partial charge in [0.25, 0.3) is 0 Å². The molecule has 3 aliphatic heterocycles. The van der Waals surface area contributed by atoms with Crippen LogP contribution in [0.25, 0.3) is 49.7 Å². The summed E-state index contributed by atoms with van der Waals surface area (Å²) in [4.78, 5) is 2.30. The van der Waals surface area contributed by atoms with Crippen LogP contribution in [0.1, 0.15) is 92.7 Å². The highest BCUT2D eigenvalue weighted by Gasteiger charge is 2.55. The summed E-state index contributed by atoms with van der Waals surface area (Å²) in [6.07, 6.45) is 0. The molecule has 0 unspecified atom stereocenters. The van der Waals surface area contributed by atoms with Gasteiger partial charge in [-0.15, -0.1) is 0 Å². The summed E-state index contributed by atoms with van der Waals surface area (Å²) in [5, 5.41) is -0.0581. The molecule has 0 atom stereocenters. The average Bonchev–Trinajstić information content (AvgIpc) is 0.685. The molecule has 10 aromatic carbocycles. The Morgan fingerprint density at radius 3 is 1.74 bits per heavy atom. The van der Waals surface area contributed by atoms with Crippen LogP contribution in [0.3, 0.4) is 0 Å². The Balaban J connectivity index is 1.19. The fraction of sp³-hybridized carbons (Fsp3) is 0.130. The summed E-state index contributed by atoms with van der Waals surface area (Å²) in [6, 6.07) is 43.4. The molecule has 11 aromatic rings. The summed E-state index contributed by atoms with van der Waals surface area (Å²) in [5.41, 5.74) is 11.3. The van der Waals surface area contributed by atoms with E-state index in [1.165, 1.54) is 0 Å². The lowest BCUT2D eigenvalue weighted by atomic mass is 9.29. The van der Waals surface area contributed by atoms with Crippen molar-refractivity contribution in [1.29, 1.82) is 0 Å². The number of para-hydroxylation sites is 4. The molecule has 0 N–H and O–H groups in total. The summed E-state index contributed by atoms with van der Waals surface area (Å²) in [7, 11) is 0. The highest BCUT2D eigenvalue weighted by Crippen LogP contribution is 2.58. The van der Waals surface area contributed by atoms with E-state index >= 15 is 0 Å². The average molecular weight is 952 g/mol. The number of hydrogen-bond acceptors (Lipinski definition) is 2. The first-order valence-corrected chi connectivity index (χ1v) is 24.8. The van der Waals surface area contributed by atoms with Crippen molar-refractivity contribution >= 4 is 62.0 Å². The molecule has 0 saturated carbocycles. The molecular weight excluding hydrogens is 884 g/mol. The van der Waals surface area contributed by atoms with Crippen LogP contribution < -0.4 is 26.0 Å². The third kappa shape index (κ3) is 6.39. The molecule has 0 bridgehead atoms. The van der Waals surface area contributed by atoms with Crippen LogP contribution in [0.2, 0.25) is 0 Å². The van der Waals surface area contributed by atoms with Gasteiger partial charge in [-0.2, -0.15) is 0 Å². The fourth-order valence-electron chi connectivity index (χ4n) is 12.0. The Morgan fingerprint density at radius 2 is 1.07 bits per heavy atom. The molecule has 73 heavy (non-hydrogen) atoms. The normalized spacial score (nSPS) is 16.5. The number of fused-ring (bicyclic) bond motifs is 13. The molecule has 0 amide bonds. The summed E-state index contributed by atoms with van der Waals surface area (Å²) >= 11 is 0. The Labute approximate surface area is 447 Å². The van der Waals surface area contributed by atoms with Gasteiger partial charge in [0.05, 0.1) is 40.0 Å². The zero-order valence-corrected chi connectivity index (χ0v) is 41.2. The second-order valence-electron chi connectivity index (χ2n) is 21.5. The van der Waals surface area contributed by atoms with E-state index < -0.39 is 84.0 Å². The molecule has 1 spiro atoms. The SMILES string of the molecule is [2H]c1c([2H])c([2H])c(-c2ccc3c(c2)N(c2ccc(C(C)(C)C)cc2-c2ccccc2)c2cc(C(C)(C)C)cc4c2B3c2ccc(-n3c5c([2H])c([2H])c([2H])c([2H])c5c5c([2H])c([2H])c([2H])c([2H])c53)cc2C42c3ccccc3Oc3ccccc32)c([2H])c1[2H]. The van der Waals surface area contributed by atoms with Gasteiger partial charge in [-0.25, -0.2) is 0 Å². The number of rotatable bonds is 4. The van der Waals surface area contributed by atoms with E-state index in [0.29, 0.717) is 28.4 Å². The fourth-order valence-corrected chi connectivity index (χ4v) is 12.0. The lowest BCUT2D eigenvalue weighted by Crippen LogP contribution is -2.65. The minimum Gasteiger partial charge on any atom is -0.457 e. The topological polar surface area (TPSA) is 17.4 Å². The van der Waals surface area contributed by atoms with Crippen LogP contribution in [0, 0.1) is 0 Å². The zero-order valence-electron chi connectivity index (χ0n) is 54.2. The number of ether oxygens (including phenoxy) is 1. The number of benzene rings is 10. The van der Waals surface area contributed by atoms with Gasteiger partial charge in [0.15, 0.2) is 0 Å². The first-order chi connectivity index (χ1) is 40.9. The molecule has 1 aromatic heterocycles. The van der Waals surface area contributed by atoms with Crippen molar-refractivity contribution in [2.24, 2.45) is 0 Å². The number of hydrogen-bond donors (Lipinski definition) is 0. The third-order valence-corrected chi connectivity index (χ3v) is 15.4. The molecule has 0 fully saturated rings. The van der Waals surface area contributed by atoms with Gasteiger partial charge in [0.2, 0.25) is 6.71 Å². The Hall–Kier alpha value is -8.34. The molecule has 14 rings (SSSR count). The zero-order chi connectivity index (χ0) is 60.7. The molecule has 0 aliphatic carbocycles. The third-order valence-electron chi connectivity index (χ3n) is 15.4.